The van der Waals surface area contributed by atoms with Crippen LogP contribution in [-0.2, 0) is 6.54 Å². The van der Waals surface area contributed by atoms with Gasteiger partial charge in [-0.1, -0.05) is 18.2 Å². The van der Waals surface area contributed by atoms with Crippen molar-refractivity contribution in [3.05, 3.63) is 107 Å². The number of hydrogen-bond acceptors (Lipinski definition) is 5. The zero-order valence-corrected chi connectivity index (χ0v) is 16.9. The summed E-state index contributed by atoms with van der Waals surface area (Å²) in [5, 5.41) is 34.5. The van der Waals surface area contributed by atoms with E-state index >= 15 is 0 Å². The van der Waals surface area contributed by atoms with Crippen LogP contribution in [0.4, 0.5) is 0 Å². The molecule has 4 N–H and O–H groups in total. The predicted molar refractivity (Wildman–Crippen MR) is 118 cm³/mol. The van der Waals surface area contributed by atoms with Gasteiger partial charge in [0.25, 0.3) is 5.91 Å². The first-order valence-electron chi connectivity index (χ1n) is 9.87. The van der Waals surface area contributed by atoms with Crippen LogP contribution in [0.3, 0.4) is 0 Å². The maximum absolute atomic E-state index is 12.6. The number of phenols is 1. The lowest BCUT2D eigenvalue weighted by Gasteiger charge is -2.15. The van der Waals surface area contributed by atoms with Gasteiger partial charge in [-0.15, -0.1) is 0 Å². The van der Waals surface area contributed by atoms with Crippen molar-refractivity contribution in [1.29, 1.82) is 0 Å². The number of carbonyl (C=O) groups excluding carboxylic acids is 1. The molecule has 7 heteroatoms. The van der Waals surface area contributed by atoms with E-state index in [0.29, 0.717) is 28.4 Å². The Balaban J connectivity index is 1.59. The smallest absolute Gasteiger partial charge is 0.335 e. The zero-order valence-electron chi connectivity index (χ0n) is 16.9. The molecule has 1 amide bonds. The van der Waals surface area contributed by atoms with Crippen molar-refractivity contribution >= 4 is 22.6 Å². The number of aromatic carboxylic acids is 1. The summed E-state index contributed by atoms with van der Waals surface area (Å²) in [4.78, 5) is 27.6. The molecule has 1 unspecified atom stereocenters. The third-order valence-electron chi connectivity index (χ3n) is 5.22. The van der Waals surface area contributed by atoms with Crippen LogP contribution in [0.25, 0.3) is 10.8 Å². The largest absolute Gasteiger partial charge is 0.508 e. The number of phenolic OH excluding ortho intramolecular Hbond substituents is 1. The number of carboxylic acid groups (broad SMARTS) is 1. The summed E-state index contributed by atoms with van der Waals surface area (Å²) < 4.78 is 0. The predicted octanol–water partition coefficient (Wildman–Crippen LogP) is 3.65. The number of fused-ring (bicyclic) bond motifs is 1. The Hall–Kier alpha value is -4.23. The number of aliphatic hydroxyl groups is 1. The fourth-order valence-electron chi connectivity index (χ4n) is 3.44. The molecule has 1 atom stereocenters. The summed E-state index contributed by atoms with van der Waals surface area (Å²) in [7, 11) is 0. The molecular weight excluding hydrogens is 408 g/mol. The fraction of sp³-hybridized carbons (Fsp3) is 0.0800. The van der Waals surface area contributed by atoms with E-state index in [9.17, 15) is 19.8 Å². The highest BCUT2D eigenvalue weighted by atomic mass is 16.4. The van der Waals surface area contributed by atoms with E-state index in [1.165, 1.54) is 30.3 Å². The molecule has 1 aromatic heterocycles. The second kappa shape index (κ2) is 8.87. The molecule has 0 aliphatic heterocycles. The van der Waals surface area contributed by atoms with Gasteiger partial charge >= 0.3 is 5.97 Å². The van der Waals surface area contributed by atoms with Crippen LogP contribution in [0.5, 0.6) is 5.75 Å². The second-order valence-corrected chi connectivity index (χ2v) is 7.34. The van der Waals surface area contributed by atoms with Crippen LogP contribution in [-0.4, -0.2) is 32.2 Å². The lowest BCUT2D eigenvalue weighted by molar-refractivity contribution is 0.0696. The zero-order chi connectivity index (χ0) is 22.7. The van der Waals surface area contributed by atoms with Crippen LogP contribution in [0.2, 0.25) is 0 Å². The number of benzene rings is 3. The van der Waals surface area contributed by atoms with E-state index in [0.717, 1.165) is 5.56 Å². The lowest BCUT2D eigenvalue weighted by atomic mass is 9.96. The number of carbonyl (C=O) groups is 2. The number of amides is 1. The molecule has 0 saturated heterocycles. The molecule has 0 fully saturated rings. The van der Waals surface area contributed by atoms with Gasteiger partial charge in [0.15, 0.2) is 0 Å². The van der Waals surface area contributed by atoms with Crippen LogP contribution in [0.1, 0.15) is 43.5 Å². The van der Waals surface area contributed by atoms with E-state index in [-0.39, 0.29) is 22.8 Å². The van der Waals surface area contributed by atoms with Crippen LogP contribution in [0.15, 0.2) is 79.1 Å². The number of aliphatic hydroxyl groups excluding tert-OH is 1. The Labute approximate surface area is 183 Å². The number of rotatable bonds is 6. The normalized spacial score (nSPS) is 11.8. The molecule has 7 nitrogen and oxygen atoms in total. The first-order chi connectivity index (χ1) is 15.4. The number of carboxylic acids is 1. The Morgan fingerprint density at radius 3 is 2.25 bits per heavy atom. The van der Waals surface area contributed by atoms with Gasteiger partial charge < -0.3 is 20.6 Å². The number of pyridine rings is 1. The topological polar surface area (TPSA) is 120 Å². The van der Waals surface area contributed by atoms with Crippen molar-refractivity contribution in [2.24, 2.45) is 0 Å². The first-order valence-corrected chi connectivity index (χ1v) is 9.87. The number of aromatic hydroxyl groups is 1. The van der Waals surface area contributed by atoms with Gasteiger partial charge in [0.2, 0.25) is 0 Å². The standard InChI is InChI=1S/C25H20N2O5/c28-22-13-18-5-6-19(24(30)27-14-15-7-9-26-10-8-15)11-20(18)12-21(22)23(29)16-1-3-17(4-2-16)25(31)32/h1-13,23,28-29H,14H2,(H,27,30)(H,31,32). The molecule has 1 heterocycles. The van der Waals surface area contributed by atoms with Crippen molar-refractivity contribution < 1.29 is 24.9 Å². The minimum atomic E-state index is -1.16. The van der Waals surface area contributed by atoms with Gasteiger partial charge in [-0.2, -0.15) is 0 Å². The molecule has 0 saturated carbocycles. The maximum atomic E-state index is 12.6. The second-order valence-electron chi connectivity index (χ2n) is 7.34. The van der Waals surface area contributed by atoms with Gasteiger partial charge in [-0.3, -0.25) is 9.78 Å². The molecule has 4 rings (SSSR count). The van der Waals surface area contributed by atoms with Crippen LogP contribution in [0, 0.1) is 0 Å². The number of nitrogens with one attached hydrogen (secondary N) is 1. The summed E-state index contributed by atoms with van der Waals surface area (Å²) in [6.07, 6.45) is 2.16. The van der Waals surface area contributed by atoms with E-state index in [4.69, 9.17) is 5.11 Å². The SMILES string of the molecule is O=C(O)c1ccc(C(O)c2cc3cc(C(=O)NCc4ccncc4)ccc3cc2O)cc1. The highest BCUT2D eigenvalue weighted by molar-refractivity contribution is 5.99. The molecule has 32 heavy (non-hydrogen) atoms. The molecule has 0 aliphatic rings. The maximum Gasteiger partial charge on any atom is 0.335 e. The van der Waals surface area contributed by atoms with Gasteiger partial charge in [0.1, 0.15) is 11.9 Å². The average molecular weight is 428 g/mol. The van der Waals surface area contributed by atoms with Gasteiger partial charge in [0.05, 0.1) is 5.56 Å². The Kier molecular flexibility index (Phi) is 5.83. The number of aromatic nitrogens is 1. The average Bonchev–Trinajstić information content (AvgIpc) is 2.82. The lowest BCUT2D eigenvalue weighted by Crippen LogP contribution is -2.22. The van der Waals surface area contributed by atoms with E-state index in [1.807, 2.05) is 12.1 Å². The van der Waals surface area contributed by atoms with Gasteiger partial charge in [-0.25, -0.2) is 4.79 Å². The van der Waals surface area contributed by atoms with E-state index in [1.54, 1.807) is 36.7 Å². The summed E-state index contributed by atoms with van der Waals surface area (Å²) in [6, 6.07) is 17.7. The van der Waals surface area contributed by atoms with Crippen LogP contribution < -0.4 is 5.32 Å². The van der Waals surface area contributed by atoms with Gasteiger partial charge in [-0.05, 0) is 70.4 Å². The molecule has 3 aromatic carbocycles. The summed E-state index contributed by atoms with van der Waals surface area (Å²) >= 11 is 0. The minimum Gasteiger partial charge on any atom is -0.508 e. The third-order valence-corrected chi connectivity index (χ3v) is 5.22. The van der Waals surface area contributed by atoms with Crippen molar-refractivity contribution in [3.63, 3.8) is 0 Å². The van der Waals surface area contributed by atoms with Crippen molar-refractivity contribution in [1.82, 2.24) is 10.3 Å². The monoisotopic (exact) mass is 428 g/mol. The first kappa shape index (κ1) is 21.0. The minimum absolute atomic E-state index is 0.0952. The molecular formula is C25H20N2O5. The molecule has 160 valence electrons. The quantitative estimate of drug-likeness (QED) is 0.372. The summed E-state index contributed by atoms with van der Waals surface area (Å²) in [5.41, 5.74) is 2.18. The molecule has 0 bridgehead atoms. The molecule has 4 aromatic rings. The van der Waals surface area contributed by atoms with E-state index in [2.05, 4.69) is 10.3 Å². The van der Waals surface area contributed by atoms with Crippen molar-refractivity contribution in [2.75, 3.05) is 0 Å². The van der Waals surface area contributed by atoms with Crippen molar-refractivity contribution in [2.45, 2.75) is 12.6 Å². The molecule has 0 spiro atoms. The Morgan fingerprint density at radius 1 is 0.875 bits per heavy atom. The summed E-state index contributed by atoms with van der Waals surface area (Å²) in [6.45, 7) is 0.366. The van der Waals surface area contributed by atoms with E-state index < -0.39 is 12.1 Å². The Bertz CT molecular complexity index is 1290. The van der Waals surface area contributed by atoms with Crippen molar-refractivity contribution in [3.8, 4) is 5.75 Å². The summed E-state index contributed by atoms with van der Waals surface area (Å²) in [5.74, 6) is -1.40. The van der Waals surface area contributed by atoms with Gasteiger partial charge in [0, 0.05) is 30.1 Å². The number of nitrogens with zero attached hydrogens (tertiary/aromatic N) is 1. The highest BCUT2D eigenvalue weighted by Gasteiger charge is 2.17. The molecule has 0 aliphatic carbocycles. The molecule has 0 radical (unpaired) electrons. The fourth-order valence-corrected chi connectivity index (χ4v) is 3.44. The number of hydrogen-bond donors (Lipinski definition) is 4. The highest BCUT2D eigenvalue weighted by Crippen LogP contribution is 2.33. The Morgan fingerprint density at radius 2 is 1.56 bits per heavy atom. The third kappa shape index (κ3) is 4.43. The van der Waals surface area contributed by atoms with Crippen LogP contribution >= 0.6 is 0 Å².